The second-order valence-electron chi connectivity index (χ2n) is 5.36. The monoisotopic (exact) mass is 312 g/mol. The Morgan fingerprint density at radius 1 is 1.14 bits per heavy atom. The van der Waals surface area contributed by atoms with Crippen molar-refractivity contribution in [3.8, 4) is 0 Å². The van der Waals surface area contributed by atoms with Gasteiger partial charge in [0.1, 0.15) is 0 Å². The third kappa shape index (κ3) is 3.18. The highest BCUT2D eigenvalue weighted by atomic mass is 32.2. The van der Waals surface area contributed by atoms with E-state index in [0.717, 1.165) is 11.4 Å². The molecule has 0 unspecified atom stereocenters. The van der Waals surface area contributed by atoms with Crippen LogP contribution in [-0.2, 0) is 17.1 Å². The van der Waals surface area contributed by atoms with Gasteiger partial charge in [0.25, 0.3) is 0 Å². The number of nitrogens with zero attached hydrogens (tertiary/aromatic N) is 1. The zero-order valence-corrected chi connectivity index (χ0v) is 13.5. The molecule has 1 amide bonds. The first kappa shape index (κ1) is 15.1. The molecule has 4 heteroatoms. The number of hydrogen-bond donors (Lipinski definition) is 1. The summed E-state index contributed by atoms with van der Waals surface area (Å²) in [4.78, 5) is 15.8. The average molecular weight is 312 g/mol. The molecule has 0 fully saturated rings. The van der Waals surface area contributed by atoms with E-state index in [1.807, 2.05) is 36.2 Å². The summed E-state index contributed by atoms with van der Waals surface area (Å²) in [5, 5.41) is 3.06. The molecule has 0 saturated heterocycles. The highest BCUT2D eigenvalue weighted by Gasteiger charge is 2.22. The van der Waals surface area contributed by atoms with Crippen molar-refractivity contribution in [1.29, 1.82) is 0 Å². The minimum absolute atomic E-state index is 0.166. The molecule has 1 N–H and O–H groups in total. The summed E-state index contributed by atoms with van der Waals surface area (Å²) in [5.41, 5.74) is 3.58. The molecule has 0 saturated carbocycles. The van der Waals surface area contributed by atoms with Gasteiger partial charge in [0.05, 0.1) is 12.2 Å². The summed E-state index contributed by atoms with van der Waals surface area (Å²) in [6.45, 7) is 1.35. The number of carbonyl (C=O) groups excluding carboxylic acids is 1. The smallest absolute Gasteiger partial charge is 0.228 e. The lowest BCUT2D eigenvalue weighted by Gasteiger charge is -2.28. The Labute approximate surface area is 135 Å². The van der Waals surface area contributed by atoms with E-state index in [9.17, 15) is 4.79 Å². The summed E-state index contributed by atoms with van der Waals surface area (Å²) >= 11 is 1.80. The average Bonchev–Trinajstić information content (AvgIpc) is 2.55. The topological polar surface area (TPSA) is 32.3 Å². The van der Waals surface area contributed by atoms with Crippen molar-refractivity contribution in [2.75, 3.05) is 18.5 Å². The molecular formula is C18H20N2OS. The zero-order chi connectivity index (χ0) is 15.4. The number of thioether (sulfide) groups is 1. The summed E-state index contributed by atoms with van der Waals surface area (Å²) in [6, 6.07) is 16.6. The quantitative estimate of drug-likeness (QED) is 0.942. The molecule has 1 heterocycles. The summed E-state index contributed by atoms with van der Waals surface area (Å²) in [5.74, 6) is 1.12. The molecule has 2 aromatic carbocycles. The molecule has 0 aromatic heterocycles. The summed E-state index contributed by atoms with van der Waals surface area (Å²) in [6.07, 6.45) is 0.512. The minimum atomic E-state index is 0.166. The van der Waals surface area contributed by atoms with Crippen LogP contribution in [0.2, 0.25) is 0 Å². The summed E-state index contributed by atoms with van der Waals surface area (Å²) < 4.78 is 0. The second-order valence-corrected chi connectivity index (χ2v) is 6.38. The fourth-order valence-corrected chi connectivity index (χ4v) is 3.75. The Kier molecular flexibility index (Phi) is 4.80. The van der Waals surface area contributed by atoms with Gasteiger partial charge in [-0.1, -0.05) is 36.4 Å². The molecule has 2 aromatic rings. The fourth-order valence-electron chi connectivity index (χ4n) is 2.66. The number of rotatable bonds is 3. The van der Waals surface area contributed by atoms with Crippen molar-refractivity contribution in [3.05, 3.63) is 59.7 Å². The SMILES string of the molecule is CNCCC(=O)N1Cc2ccccc2CSc2ccccc21. The fraction of sp³-hybridized carbons (Fsp3) is 0.278. The molecule has 0 spiro atoms. The molecule has 0 atom stereocenters. The van der Waals surface area contributed by atoms with Crippen LogP contribution in [0.3, 0.4) is 0 Å². The van der Waals surface area contributed by atoms with Crippen molar-refractivity contribution in [1.82, 2.24) is 5.32 Å². The molecule has 0 bridgehead atoms. The highest BCUT2D eigenvalue weighted by Crippen LogP contribution is 2.36. The van der Waals surface area contributed by atoms with Crippen molar-refractivity contribution in [2.24, 2.45) is 0 Å². The van der Waals surface area contributed by atoms with E-state index in [4.69, 9.17) is 0 Å². The van der Waals surface area contributed by atoms with Crippen LogP contribution in [0.4, 0.5) is 5.69 Å². The van der Waals surface area contributed by atoms with Crippen LogP contribution >= 0.6 is 11.8 Å². The van der Waals surface area contributed by atoms with Crippen LogP contribution in [0.25, 0.3) is 0 Å². The van der Waals surface area contributed by atoms with Crippen LogP contribution in [0.15, 0.2) is 53.4 Å². The van der Waals surface area contributed by atoms with E-state index < -0.39 is 0 Å². The van der Waals surface area contributed by atoms with Crippen molar-refractivity contribution in [2.45, 2.75) is 23.6 Å². The van der Waals surface area contributed by atoms with Gasteiger partial charge in [-0.2, -0.15) is 0 Å². The maximum Gasteiger partial charge on any atom is 0.228 e. The lowest BCUT2D eigenvalue weighted by molar-refractivity contribution is -0.118. The van der Waals surface area contributed by atoms with Crippen LogP contribution < -0.4 is 10.2 Å². The van der Waals surface area contributed by atoms with E-state index in [2.05, 4.69) is 29.6 Å². The van der Waals surface area contributed by atoms with Gasteiger partial charge in [0.2, 0.25) is 5.91 Å². The van der Waals surface area contributed by atoms with Gasteiger partial charge in [-0.15, -0.1) is 11.8 Å². The predicted molar refractivity (Wildman–Crippen MR) is 92.2 cm³/mol. The molecule has 3 nitrogen and oxygen atoms in total. The number of amides is 1. The maximum atomic E-state index is 12.7. The zero-order valence-electron chi connectivity index (χ0n) is 12.7. The number of carbonyl (C=O) groups is 1. The van der Waals surface area contributed by atoms with Crippen molar-refractivity contribution >= 4 is 23.4 Å². The normalized spacial score (nSPS) is 13.8. The third-order valence-corrected chi connectivity index (χ3v) is 4.99. The van der Waals surface area contributed by atoms with E-state index in [0.29, 0.717) is 19.5 Å². The molecule has 0 aliphatic carbocycles. The van der Waals surface area contributed by atoms with Crippen LogP contribution in [0.1, 0.15) is 17.5 Å². The molecule has 114 valence electrons. The van der Waals surface area contributed by atoms with E-state index in [1.165, 1.54) is 16.0 Å². The molecule has 1 aliphatic rings. The van der Waals surface area contributed by atoms with E-state index in [-0.39, 0.29) is 5.91 Å². The first-order valence-electron chi connectivity index (χ1n) is 7.53. The Balaban J connectivity index is 1.98. The first-order valence-corrected chi connectivity index (χ1v) is 8.51. The molecule has 1 aliphatic heterocycles. The molecule has 3 rings (SSSR count). The summed E-state index contributed by atoms with van der Waals surface area (Å²) in [7, 11) is 1.87. The second kappa shape index (κ2) is 6.99. The van der Waals surface area contributed by atoms with Crippen LogP contribution in [0, 0.1) is 0 Å². The standard InChI is InChI=1S/C18H20N2OS/c1-19-11-10-18(21)20-12-14-6-2-3-7-15(14)13-22-17-9-5-4-8-16(17)20/h2-9,19H,10-13H2,1H3. The largest absolute Gasteiger partial charge is 0.319 e. The van der Waals surface area contributed by atoms with Crippen molar-refractivity contribution < 1.29 is 4.79 Å². The van der Waals surface area contributed by atoms with Crippen molar-refractivity contribution in [3.63, 3.8) is 0 Å². The minimum Gasteiger partial charge on any atom is -0.319 e. The lowest BCUT2D eigenvalue weighted by atomic mass is 10.1. The number of fused-ring (bicyclic) bond motifs is 2. The maximum absolute atomic E-state index is 12.7. The third-order valence-electron chi connectivity index (χ3n) is 3.88. The van der Waals surface area contributed by atoms with Gasteiger partial charge in [0.15, 0.2) is 0 Å². The Morgan fingerprint density at radius 2 is 1.86 bits per heavy atom. The highest BCUT2D eigenvalue weighted by molar-refractivity contribution is 7.98. The number of hydrogen-bond acceptors (Lipinski definition) is 3. The Morgan fingerprint density at radius 3 is 2.68 bits per heavy atom. The number of para-hydroxylation sites is 1. The lowest BCUT2D eigenvalue weighted by Crippen LogP contribution is -2.33. The van der Waals surface area contributed by atoms with Crippen LogP contribution in [0.5, 0.6) is 0 Å². The molecular weight excluding hydrogens is 292 g/mol. The van der Waals surface area contributed by atoms with E-state index >= 15 is 0 Å². The van der Waals surface area contributed by atoms with Crippen LogP contribution in [-0.4, -0.2) is 19.5 Å². The Hall–Kier alpha value is -1.78. The Bertz CT molecular complexity index is 672. The van der Waals surface area contributed by atoms with Gasteiger partial charge >= 0.3 is 0 Å². The first-order chi connectivity index (χ1) is 10.8. The van der Waals surface area contributed by atoms with Gasteiger partial charge in [-0.25, -0.2) is 0 Å². The predicted octanol–water partition coefficient (Wildman–Crippen LogP) is 3.44. The van der Waals surface area contributed by atoms with E-state index in [1.54, 1.807) is 11.8 Å². The molecule has 0 radical (unpaired) electrons. The molecule has 22 heavy (non-hydrogen) atoms. The van der Waals surface area contributed by atoms with Gasteiger partial charge in [-0.3, -0.25) is 4.79 Å². The number of nitrogens with one attached hydrogen (secondary N) is 1. The van der Waals surface area contributed by atoms with Gasteiger partial charge in [-0.05, 0) is 30.3 Å². The van der Waals surface area contributed by atoms with Gasteiger partial charge < -0.3 is 10.2 Å². The number of anilines is 1. The van der Waals surface area contributed by atoms with Gasteiger partial charge in [0, 0.05) is 23.6 Å². The number of benzene rings is 2.